The SMILES string of the molecule is Fc1cc(-c2ccc(OC(F)(F)F)cc2)ccc1C#Cc1ccc(N=C=S)c(F)c1. The molecule has 3 rings (SSSR count). The highest BCUT2D eigenvalue weighted by molar-refractivity contribution is 7.78. The van der Waals surface area contributed by atoms with E-state index in [0.29, 0.717) is 16.7 Å². The number of hydrogen-bond acceptors (Lipinski definition) is 3. The predicted molar refractivity (Wildman–Crippen MR) is 106 cm³/mol. The van der Waals surface area contributed by atoms with Crippen molar-refractivity contribution in [1.82, 2.24) is 0 Å². The zero-order valence-corrected chi connectivity index (χ0v) is 15.7. The molecular formula is C22H10F5NOS. The summed E-state index contributed by atoms with van der Waals surface area (Å²) in [6.07, 6.45) is -4.78. The highest BCUT2D eigenvalue weighted by atomic mass is 32.1. The second kappa shape index (κ2) is 8.87. The highest BCUT2D eigenvalue weighted by Crippen LogP contribution is 2.27. The summed E-state index contributed by atoms with van der Waals surface area (Å²) < 4.78 is 68.7. The average molecular weight is 431 g/mol. The van der Waals surface area contributed by atoms with E-state index < -0.39 is 18.0 Å². The van der Waals surface area contributed by atoms with Crippen molar-refractivity contribution in [3.63, 3.8) is 0 Å². The molecule has 0 radical (unpaired) electrons. The van der Waals surface area contributed by atoms with Gasteiger partial charge in [-0.25, -0.2) is 8.78 Å². The molecule has 0 amide bonds. The molecule has 0 aromatic heterocycles. The molecule has 0 heterocycles. The number of aliphatic imine (C=N–C) groups is 1. The molecular weight excluding hydrogens is 421 g/mol. The molecule has 0 aliphatic carbocycles. The van der Waals surface area contributed by atoms with Gasteiger partial charge >= 0.3 is 6.36 Å². The summed E-state index contributed by atoms with van der Waals surface area (Å²) in [5.41, 5.74) is 1.37. The highest BCUT2D eigenvalue weighted by Gasteiger charge is 2.30. The van der Waals surface area contributed by atoms with Gasteiger partial charge in [-0.1, -0.05) is 30.0 Å². The molecule has 150 valence electrons. The van der Waals surface area contributed by atoms with Crippen LogP contribution in [0.5, 0.6) is 5.75 Å². The number of nitrogens with zero attached hydrogens (tertiary/aromatic N) is 1. The summed E-state index contributed by atoms with van der Waals surface area (Å²) in [6, 6.07) is 13.3. The van der Waals surface area contributed by atoms with E-state index in [1.54, 1.807) is 6.07 Å². The maximum atomic E-state index is 14.4. The monoisotopic (exact) mass is 431 g/mol. The summed E-state index contributed by atoms with van der Waals surface area (Å²) in [5.74, 6) is 3.65. The van der Waals surface area contributed by atoms with Crippen molar-refractivity contribution in [3.8, 4) is 28.7 Å². The molecule has 0 saturated carbocycles. The molecule has 0 spiro atoms. The summed E-state index contributed by atoms with van der Waals surface area (Å²) >= 11 is 4.42. The van der Waals surface area contributed by atoms with Crippen molar-refractivity contribution in [2.24, 2.45) is 4.99 Å². The van der Waals surface area contributed by atoms with E-state index in [4.69, 9.17) is 0 Å². The maximum absolute atomic E-state index is 14.4. The van der Waals surface area contributed by atoms with Crippen LogP contribution in [0.1, 0.15) is 11.1 Å². The Morgan fingerprint density at radius 3 is 2.10 bits per heavy atom. The van der Waals surface area contributed by atoms with Gasteiger partial charge in [0.1, 0.15) is 17.3 Å². The smallest absolute Gasteiger partial charge is 0.406 e. The van der Waals surface area contributed by atoms with Gasteiger partial charge in [0.25, 0.3) is 0 Å². The van der Waals surface area contributed by atoms with E-state index in [1.165, 1.54) is 36.4 Å². The molecule has 30 heavy (non-hydrogen) atoms. The molecule has 0 atom stereocenters. The molecule has 0 bridgehead atoms. The largest absolute Gasteiger partial charge is 0.573 e. The van der Waals surface area contributed by atoms with Gasteiger partial charge in [-0.05, 0) is 65.8 Å². The maximum Gasteiger partial charge on any atom is 0.573 e. The predicted octanol–water partition coefficient (Wildman–Crippen LogP) is 6.66. The summed E-state index contributed by atoms with van der Waals surface area (Å²) in [7, 11) is 0. The Hall–Kier alpha value is -3.53. The Kier molecular flexibility index (Phi) is 6.26. The second-order valence-corrected chi connectivity index (χ2v) is 6.07. The van der Waals surface area contributed by atoms with Gasteiger partial charge in [0.05, 0.1) is 10.7 Å². The van der Waals surface area contributed by atoms with Crippen LogP contribution in [0.25, 0.3) is 11.1 Å². The fourth-order valence-corrected chi connectivity index (χ4v) is 2.61. The molecule has 0 N–H and O–H groups in total. The standard InChI is InChI=1S/C22H10F5NOS/c23-19-12-17(15-6-8-18(9-7-15)29-22(25,26)27)5-4-16(19)3-1-14-2-10-21(28-13-30)20(24)11-14/h2,4-12H. The lowest BCUT2D eigenvalue weighted by Gasteiger charge is -2.09. The fourth-order valence-electron chi connectivity index (χ4n) is 2.51. The number of rotatable bonds is 3. The molecule has 0 aliphatic rings. The number of alkyl halides is 3. The minimum atomic E-state index is -4.78. The van der Waals surface area contributed by atoms with Gasteiger partial charge in [0.15, 0.2) is 5.82 Å². The zero-order valence-electron chi connectivity index (χ0n) is 14.9. The summed E-state index contributed by atoms with van der Waals surface area (Å²) in [4.78, 5) is 3.56. The van der Waals surface area contributed by atoms with Crippen LogP contribution in [0.4, 0.5) is 27.6 Å². The van der Waals surface area contributed by atoms with Crippen molar-refractivity contribution in [2.75, 3.05) is 0 Å². The number of halogens is 5. The van der Waals surface area contributed by atoms with Crippen LogP contribution in [-0.2, 0) is 0 Å². The second-order valence-electron chi connectivity index (χ2n) is 5.89. The molecule has 0 fully saturated rings. The van der Waals surface area contributed by atoms with E-state index >= 15 is 0 Å². The van der Waals surface area contributed by atoms with Crippen molar-refractivity contribution >= 4 is 23.1 Å². The van der Waals surface area contributed by atoms with Crippen molar-refractivity contribution in [3.05, 3.63) is 83.4 Å². The third-order valence-electron chi connectivity index (χ3n) is 3.85. The van der Waals surface area contributed by atoms with Crippen LogP contribution >= 0.6 is 12.2 Å². The Bertz CT molecular complexity index is 1190. The number of thiocarbonyl (C=S) groups is 1. The van der Waals surface area contributed by atoms with Crippen LogP contribution in [0.2, 0.25) is 0 Å². The Labute approximate surface area is 173 Å². The Morgan fingerprint density at radius 2 is 1.50 bits per heavy atom. The van der Waals surface area contributed by atoms with Crippen LogP contribution < -0.4 is 4.74 Å². The fraction of sp³-hybridized carbons (Fsp3) is 0.0455. The Morgan fingerprint density at radius 1 is 0.800 bits per heavy atom. The third-order valence-corrected chi connectivity index (χ3v) is 3.94. The molecule has 0 unspecified atom stereocenters. The van der Waals surface area contributed by atoms with Crippen LogP contribution in [0.15, 0.2) is 65.7 Å². The zero-order chi connectivity index (χ0) is 21.7. The first-order chi connectivity index (χ1) is 14.2. The number of hydrogen-bond donors (Lipinski definition) is 0. The first-order valence-electron chi connectivity index (χ1n) is 8.30. The van der Waals surface area contributed by atoms with Gasteiger partial charge in [0.2, 0.25) is 0 Å². The first-order valence-corrected chi connectivity index (χ1v) is 8.71. The quantitative estimate of drug-likeness (QED) is 0.200. The summed E-state index contributed by atoms with van der Waals surface area (Å²) in [5, 5.41) is 2.07. The van der Waals surface area contributed by atoms with E-state index in [9.17, 15) is 22.0 Å². The third kappa shape index (κ3) is 5.51. The average Bonchev–Trinajstić information content (AvgIpc) is 2.68. The first kappa shape index (κ1) is 21.2. The van der Waals surface area contributed by atoms with Gasteiger partial charge in [0, 0.05) is 5.56 Å². The van der Waals surface area contributed by atoms with E-state index in [1.807, 2.05) is 0 Å². The van der Waals surface area contributed by atoms with Gasteiger partial charge in [-0.2, -0.15) is 4.99 Å². The summed E-state index contributed by atoms with van der Waals surface area (Å²) in [6.45, 7) is 0. The van der Waals surface area contributed by atoms with E-state index in [2.05, 4.69) is 38.9 Å². The van der Waals surface area contributed by atoms with E-state index in [-0.39, 0.29) is 17.0 Å². The van der Waals surface area contributed by atoms with Crippen molar-refractivity contribution < 1.29 is 26.7 Å². The van der Waals surface area contributed by atoms with Gasteiger partial charge < -0.3 is 4.74 Å². The van der Waals surface area contributed by atoms with Crippen LogP contribution in [-0.4, -0.2) is 11.5 Å². The molecule has 0 aliphatic heterocycles. The van der Waals surface area contributed by atoms with Crippen molar-refractivity contribution in [1.29, 1.82) is 0 Å². The Balaban J connectivity index is 1.80. The molecule has 3 aromatic rings. The number of ether oxygens (including phenoxy) is 1. The van der Waals surface area contributed by atoms with Crippen LogP contribution in [0.3, 0.4) is 0 Å². The minimum Gasteiger partial charge on any atom is -0.406 e. The number of benzene rings is 3. The number of isothiocyanates is 1. The van der Waals surface area contributed by atoms with Gasteiger partial charge in [-0.15, -0.1) is 13.2 Å². The normalized spacial score (nSPS) is 10.6. The molecule has 3 aromatic carbocycles. The molecule has 2 nitrogen and oxygen atoms in total. The van der Waals surface area contributed by atoms with E-state index in [0.717, 1.165) is 18.2 Å². The van der Waals surface area contributed by atoms with Gasteiger partial charge in [-0.3, -0.25) is 0 Å². The topological polar surface area (TPSA) is 21.6 Å². The van der Waals surface area contributed by atoms with Crippen molar-refractivity contribution in [2.45, 2.75) is 6.36 Å². The lowest BCUT2D eigenvalue weighted by atomic mass is 10.0. The molecule has 0 saturated heterocycles. The lowest BCUT2D eigenvalue weighted by molar-refractivity contribution is -0.274. The molecule has 8 heteroatoms. The van der Waals surface area contributed by atoms with Crippen LogP contribution in [0, 0.1) is 23.5 Å². The lowest BCUT2D eigenvalue weighted by Crippen LogP contribution is -2.16. The minimum absolute atomic E-state index is 0.0257.